The Kier molecular flexibility index (Phi) is 2.78. The molecule has 6 heteroatoms. The number of aromatic nitrogens is 3. The number of hydrogen-bond acceptors (Lipinski definition) is 4. The highest BCUT2D eigenvalue weighted by Gasteiger charge is 2.17. The highest BCUT2D eigenvalue weighted by Crippen LogP contribution is 2.23. The van der Waals surface area contributed by atoms with Gasteiger partial charge in [-0.2, -0.15) is 5.10 Å². The second-order valence-electron chi connectivity index (χ2n) is 3.19. The molecule has 2 aromatic heterocycles. The zero-order valence-corrected chi connectivity index (χ0v) is 9.65. The van der Waals surface area contributed by atoms with Gasteiger partial charge in [0, 0.05) is 13.2 Å². The third-order valence-corrected chi connectivity index (χ3v) is 2.43. The summed E-state index contributed by atoms with van der Waals surface area (Å²) in [5, 5.41) is 4.29. The molecule has 5 nitrogen and oxygen atoms in total. The maximum absolute atomic E-state index is 11.7. The van der Waals surface area contributed by atoms with Crippen LogP contribution in [0.2, 0.25) is 5.15 Å². The first-order valence-electron chi connectivity index (χ1n) is 4.79. The van der Waals surface area contributed by atoms with Gasteiger partial charge in [-0.15, -0.1) is 0 Å². The minimum absolute atomic E-state index is 0.281. The molecule has 0 radical (unpaired) electrons. The predicted molar refractivity (Wildman–Crippen MR) is 59.5 cm³/mol. The molecule has 0 aromatic carbocycles. The number of esters is 1. The predicted octanol–water partition coefficient (Wildman–Crippen LogP) is 1.80. The van der Waals surface area contributed by atoms with Gasteiger partial charge in [-0.3, -0.25) is 9.67 Å². The second-order valence-corrected chi connectivity index (χ2v) is 3.55. The standard InChI is InChI=1S/C10H10ClN3O2/c1-3-16-10(15)6-4-5-12-7-8(6)14(2)13-9(7)11/h4-5H,3H2,1-2H3. The molecule has 2 rings (SSSR count). The van der Waals surface area contributed by atoms with Gasteiger partial charge in [0.1, 0.15) is 11.0 Å². The van der Waals surface area contributed by atoms with Crippen LogP contribution in [-0.2, 0) is 11.8 Å². The lowest BCUT2D eigenvalue weighted by Gasteiger charge is -2.03. The van der Waals surface area contributed by atoms with E-state index in [9.17, 15) is 4.79 Å². The lowest BCUT2D eigenvalue weighted by atomic mass is 10.2. The van der Waals surface area contributed by atoms with Crippen molar-refractivity contribution >= 4 is 28.6 Å². The Hall–Kier alpha value is -1.62. The molecule has 0 saturated heterocycles. The van der Waals surface area contributed by atoms with Gasteiger partial charge < -0.3 is 4.74 Å². The monoisotopic (exact) mass is 239 g/mol. The number of fused-ring (bicyclic) bond motifs is 1. The van der Waals surface area contributed by atoms with Crippen molar-refractivity contribution in [2.24, 2.45) is 7.05 Å². The van der Waals surface area contributed by atoms with Crippen molar-refractivity contribution in [1.82, 2.24) is 14.8 Å². The van der Waals surface area contributed by atoms with Crippen LogP contribution in [0.5, 0.6) is 0 Å². The normalized spacial score (nSPS) is 10.7. The highest BCUT2D eigenvalue weighted by molar-refractivity contribution is 6.34. The largest absolute Gasteiger partial charge is 0.462 e. The minimum Gasteiger partial charge on any atom is -0.462 e. The molecule has 0 aliphatic rings. The number of carbonyl (C=O) groups is 1. The van der Waals surface area contributed by atoms with E-state index in [1.54, 1.807) is 20.0 Å². The third-order valence-electron chi connectivity index (χ3n) is 2.18. The van der Waals surface area contributed by atoms with E-state index in [4.69, 9.17) is 16.3 Å². The van der Waals surface area contributed by atoms with Gasteiger partial charge >= 0.3 is 5.97 Å². The summed E-state index contributed by atoms with van der Waals surface area (Å²) in [5.74, 6) is -0.394. The zero-order valence-electron chi connectivity index (χ0n) is 8.90. The topological polar surface area (TPSA) is 57.0 Å². The van der Waals surface area contributed by atoms with Crippen molar-refractivity contribution in [3.63, 3.8) is 0 Å². The summed E-state index contributed by atoms with van der Waals surface area (Å²) < 4.78 is 6.47. The minimum atomic E-state index is -0.394. The van der Waals surface area contributed by atoms with Gasteiger partial charge in [-0.1, -0.05) is 11.6 Å². The van der Waals surface area contributed by atoms with Crippen LogP contribution in [0.4, 0.5) is 0 Å². The van der Waals surface area contributed by atoms with Gasteiger partial charge in [-0.05, 0) is 13.0 Å². The Balaban J connectivity index is 2.66. The molecule has 2 aromatic rings. The van der Waals surface area contributed by atoms with Crippen LogP contribution in [0.15, 0.2) is 12.3 Å². The first-order chi connectivity index (χ1) is 7.65. The molecular formula is C10H10ClN3O2. The summed E-state index contributed by atoms with van der Waals surface area (Å²) in [7, 11) is 1.71. The molecule has 0 atom stereocenters. The van der Waals surface area contributed by atoms with Crippen LogP contribution in [0.25, 0.3) is 11.0 Å². The fourth-order valence-corrected chi connectivity index (χ4v) is 1.79. The van der Waals surface area contributed by atoms with Crippen molar-refractivity contribution in [3.05, 3.63) is 23.0 Å². The average Bonchev–Trinajstić information content (AvgIpc) is 2.55. The van der Waals surface area contributed by atoms with E-state index in [1.165, 1.54) is 10.9 Å². The smallest absolute Gasteiger partial charge is 0.340 e. The average molecular weight is 240 g/mol. The van der Waals surface area contributed by atoms with Crippen LogP contribution >= 0.6 is 11.6 Å². The molecule has 0 fully saturated rings. The van der Waals surface area contributed by atoms with Gasteiger partial charge in [-0.25, -0.2) is 4.79 Å². The van der Waals surface area contributed by atoms with E-state index < -0.39 is 5.97 Å². The van der Waals surface area contributed by atoms with Crippen molar-refractivity contribution < 1.29 is 9.53 Å². The van der Waals surface area contributed by atoms with Crippen LogP contribution in [0, 0.1) is 0 Å². The summed E-state index contributed by atoms with van der Waals surface area (Å²) in [6.45, 7) is 2.08. The van der Waals surface area contributed by atoms with Crippen LogP contribution < -0.4 is 0 Å². The number of pyridine rings is 1. The quantitative estimate of drug-likeness (QED) is 0.750. The number of hydrogen-bond donors (Lipinski definition) is 0. The van der Waals surface area contributed by atoms with E-state index in [2.05, 4.69) is 10.1 Å². The first kappa shape index (κ1) is 10.9. The number of aryl methyl sites for hydroxylation is 1. The maximum atomic E-state index is 11.7. The van der Waals surface area contributed by atoms with E-state index in [1.807, 2.05) is 0 Å². The molecule has 0 bridgehead atoms. The fourth-order valence-electron chi connectivity index (χ4n) is 1.54. The molecule has 2 heterocycles. The number of ether oxygens (including phenoxy) is 1. The zero-order chi connectivity index (χ0) is 11.7. The molecule has 0 saturated carbocycles. The van der Waals surface area contributed by atoms with Gasteiger partial charge in [0.2, 0.25) is 0 Å². The van der Waals surface area contributed by atoms with Crippen LogP contribution in [-0.4, -0.2) is 27.3 Å². The Morgan fingerprint density at radius 2 is 2.38 bits per heavy atom. The SMILES string of the molecule is CCOC(=O)c1ccnc2c(Cl)nn(C)c12. The Bertz CT molecular complexity index is 550. The van der Waals surface area contributed by atoms with E-state index in [0.717, 1.165) is 0 Å². The van der Waals surface area contributed by atoms with Crippen molar-refractivity contribution in [3.8, 4) is 0 Å². The molecule has 0 spiro atoms. The van der Waals surface area contributed by atoms with E-state index in [0.29, 0.717) is 23.2 Å². The lowest BCUT2D eigenvalue weighted by Crippen LogP contribution is -2.07. The summed E-state index contributed by atoms with van der Waals surface area (Å²) in [4.78, 5) is 15.8. The number of carbonyl (C=O) groups excluding carboxylic acids is 1. The molecule has 16 heavy (non-hydrogen) atoms. The van der Waals surface area contributed by atoms with Crippen molar-refractivity contribution in [2.45, 2.75) is 6.92 Å². The van der Waals surface area contributed by atoms with Crippen molar-refractivity contribution in [2.75, 3.05) is 6.61 Å². The molecule has 0 amide bonds. The molecule has 0 unspecified atom stereocenters. The van der Waals surface area contributed by atoms with Gasteiger partial charge in [0.15, 0.2) is 5.15 Å². The maximum Gasteiger partial charge on any atom is 0.340 e. The molecule has 0 aliphatic carbocycles. The van der Waals surface area contributed by atoms with Crippen LogP contribution in [0.1, 0.15) is 17.3 Å². The number of nitrogens with zero attached hydrogens (tertiary/aromatic N) is 3. The Morgan fingerprint density at radius 3 is 3.06 bits per heavy atom. The van der Waals surface area contributed by atoms with Crippen molar-refractivity contribution in [1.29, 1.82) is 0 Å². The first-order valence-corrected chi connectivity index (χ1v) is 5.17. The Morgan fingerprint density at radius 1 is 1.62 bits per heavy atom. The Labute approximate surface area is 97.0 Å². The molecule has 84 valence electrons. The molecule has 0 aliphatic heterocycles. The third kappa shape index (κ3) is 1.63. The van der Waals surface area contributed by atoms with Gasteiger partial charge in [0.05, 0.1) is 12.2 Å². The summed E-state index contributed by atoms with van der Waals surface area (Å²) in [6, 6.07) is 1.60. The summed E-state index contributed by atoms with van der Waals surface area (Å²) in [5.41, 5.74) is 1.52. The van der Waals surface area contributed by atoms with E-state index >= 15 is 0 Å². The molecular weight excluding hydrogens is 230 g/mol. The number of rotatable bonds is 2. The van der Waals surface area contributed by atoms with Crippen LogP contribution in [0.3, 0.4) is 0 Å². The fraction of sp³-hybridized carbons (Fsp3) is 0.300. The second kappa shape index (κ2) is 4.09. The van der Waals surface area contributed by atoms with Gasteiger partial charge in [0.25, 0.3) is 0 Å². The molecule has 0 N–H and O–H groups in total. The summed E-state index contributed by atoms with van der Waals surface area (Å²) in [6.07, 6.45) is 1.52. The highest BCUT2D eigenvalue weighted by atomic mass is 35.5. The van der Waals surface area contributed by atoms with E-state index in [-0.39, 0.29) is 5.15 Å². The number of halogens is 1. The summed E-state index contributed by atoms with van der Waals surface area (Å²) >= 11 is 5.89. The lowest BCUT2D eigenvalue weighted by molar-refractivity contribution is 0.0528.